The van der Waals surface area contributed by atoms with Gasteiger partial charge in [-0.15, -0.1) is 0 Å². The number of rotatable bonds is 3. The van der Waals surface area contributed by atoms with Crippen LogP contribution in [0.25, 0.3) is 0 Å². The molecule has 2 heterocycles. The van der Waals surface area contributed by atoms with E-state index in [2.05, 4.69) is 4.90 Å². The van der Waals surface area contributed by atoms with Crippen molar-refractivity contribution in [3.63, 3.8) is 0 Å². The Balaban J connectivity index is 1.51. The predicted octanol–water partition coefficient (Wildman–Crippen LogP) is 1.64. The number of carbonyl (C=O) groups excluding carboxylic acids is 2. The number of thioether (sulfide) groups is 1. The summed E-state index contributed by atoms with van der Waals surface area (Å²) in [6.07, 6.45) is 0. The van der Waals surface area contributed by atoms with Crippen LogP contribution >= 0.6 is 11.8 Å². The number of halogens is 1. The fourth-order valence-electron chi connectivity index (χ4n) is 2.70. The first kappa shape index (κ1) is 15.1. The Labute approximate surface area is 133 Å². The number of carbonyl (C=O) groups is 2. The van der Waals surface area contributed by atoms with Gasteiger partial charge in [0.05, 0.1) is 0 Å². The summed E-state index contributed by atoms with van der Waals surface area (Å²) in [5.74, 6) is 0.532. The summed E-state index contributed by atoms with van der Waals surface area (Å²) in [6.45, 7) is 3.55. The van der Waals surface area contributed by atoms with E-state index in [1.165, 1.54) is 23.9 Å². The molecule has 2 saturated heterocycles. The van der Waals surface area contributed by atoms with Crippen LogP contribution in [0.5, 0.6) is 0 Å². The normalized spacial score (nSPS) is 19.0. The second kappa shape index (κ2) is 6.56. The zero-order valence-electron chi connectivity index (χ0n) is 12.2. The van der Waals surface area contributed by atoms with Crippen molar-refractivity contribution in [2.45, 2.75) is 0 Å². The summed E-state index contributed by atoms with van der Waals surface area (Å²) in [5, 5.41) is -0.00158. The van der Waals surface area contributed by atoms with Gasteiger partial charge in [-0.05, 0) is 24.3 Å². The molecule has 118 valence electrons. The summed E-state index contributed by atoms with van der Waals surface area (Å²) in [7, 11) is 0. The molecule has 5 nitrogen and oxygen atoms in total. The van der Waals surface area contributed by atoms with Gasteiger partial charge >= 0.3 is 0 Å². The summed E-state index contributed by atoms with van der Waals surface area (Å²) >= 11 is 1.27. The van der Waals surface area contributed by atoms with Crippen LogP contribution in [0.1, 0.15) is 0 Å². The quantitative estimate of drug-likeness (QED) is 0.848. The predicted molar refractivity (Wildman–Crippen MR) is 84.6 cm³/mol. The number of amides is 2. The zero-order valence-corrected chi connectivity index (χ0v) is 13.0. The minimum absolute atomic E-state index is 0.00158. The minimum atomic E-state index is -0.245. The van der Waals surface area contributed by atoms with E-state index in [4.69, 9.17) is 0 Å². The third-order valence-corrected chi connectivity index (χ3v) is 4.89. The van der Waals surface area contributed by atoms with Gasteiger partial charge in [0, 0.05) is 44.2 Å². The number of hydrogen-bond acceptors (Lipinski definition) is 4. The Morgan fingerprint density at radius 1 is 1.09 bits per heavy atom. The van der Waals surface area contributed by atoms with E-state index in [1.807, 2.05) is 0 Å². The Morgan fingerprint density at radius 3 is 2.36 bits per heavy atom. The largest absolute Gasteiger partial charge is 0.368 e. The zero-order chi connectivity index (χ0) is 15.5. The van der Waals surface area contributed by atoms with E-state index in [0.717, 1.165) is 24.5 Å². The molecule has 22 heavy (non-hydrogen) atoms. The van der Waals surface area contributed by atoms with E-state index >= 15 is 0 Å². The number of piperazine rings is 1. The van der Waals surface area contributed by atoms with E-state index in [-0.39, 0.29) is 23.5 Å². The van der Waals surface area contributed by atoms with Crippen molar-refractivity contribution in [3.05, 3.63) is 30.1 Å². The minimum Gasteiger partial charge on any atom is -0.368 e. The maximum absolute atomic E-state index is 12.9. The van der Waals surface area contributed by atoms with Crippen LogP contribution in [-0.4, -0.2) is 66.0 Å². The van der Waals surface area contributed by atoms with Gasteiger partial charge in [-0.3, -0.25) is 9.59 Å². The average molecular weight is 323 g/mol. The van der Waals surface area contributed by atoms with Crippen molar-refractivity contribution in [2.24, 2.45) is 0 Å². The van der Waals surface area contributed by atoms with Crippen LogP contribution in [0, 0.1) is 5.82 Å². The molecule has 1 aromatic rings. The molecule has 2 aliphatic rings. The fourth-order valence-corrected chi connectivity index (χ4v) is 3.52. The lowest BCUT2D eigenvalue weighted by Crippen LogP contribution is -2.51. The molecular formula is C15H18FN3O2S. The summed E-state index contributed by atoms with van der Waals surface area (Å²) in [4.78, 5) is 29.3. The molecule has 0 N–H and O–H groups in total. The molecule has 0 radical (unpaired) electrons. The van der Waals surface area contributed by atoms with Gasteiger partial charge in [-0.25, -0.2) is 4.39 Å². The molecule has 0 aliphatic carbocycles. The maximum atomic E-state index is 12.9. The molecule has 1 aromatic carbocycles. The van der Waals surface area contributed by atoms with Crippen molar-refractivity contribution in [2.75, 3.05) is 49.9 Å². The summed E-state index contributed by atoms with van der Waals surface area (Å²) < 4.78 is 12.9. The second-order valence-corrected chi connectivity index (χ2v) is 6.43. The Bertz CT molecular complexity index is 558. The Hall–Kier alpha value is -1.76. The van der Waals surface area contributed by atoms with Gasteiger partial charge in [-0.1, -0.05) is 11.8 Å². The van der Waals surface area contributed by atoms with Crippen LogP contribution in [0.4, 0.5) is 14.9 Å². The highest BCUT2D eigenvalue weighted by molar-refractivity contribution is 8.13. The monoisotopic (exact) mass is 323 g/mol. The van der Waals surface area contributed by atoms with Gasteiger partial charge in [0.2, 0.25) is 5.91 Å². The van der Waals surface area contributed by atoms with Gasteiger partial charge in [0.25, 0.3) is 5.24 Å². The molecule has 0 bridgehead atoms. The Kier molecular flexibility index (Phi) is 4.52. The lowest BCUT2D eigenvalue weighted by Gasteiger charge is -2.36. The molecule has 2 fully saturated rings. The summed E-state index contributed by atoms with van der Waals surface area (Å²) in [5.41, 5.74) is 0.972. The van der Waals surface area contributed by atoms with Crippen LogP contribution in [0.3, 0.4) is 0 Å². The highest BCUT2D eigenvalue weighted by Gasteiger charge is 2.27. The van der Waals surface area contributed by atoms with Crippen LogP contribution < -0.4 is 4.90 Å². The van der Waals surface area contributed by atoms with Crippen LogP contribution in [0.2, 0.25) is 0 Å². The molecular weight excluding hydrogens is 305 g/mol. The molecule has 3 rings (SSSR count). The van der Waals surface area contributed by atoms with E-state index < -0.39 is 0 Å². The molecule has 0 spiro atoms. The van der Waals surface area contributed by atoms with Crippen molar-refractivity contribution < 1.29 is 14.0 Å². The van der Waals surface area contributed by atoms with Crippen LogP contribution in [0.15, 0.2) is 24.3 Å². The summed E-state index contributed by atoms with van der Waals surface area (Å²) in [6, 6.07) is 6.41. The Morgan fingerprint density at radius 2 is 1.77 bits per heavy atom. The maximum Gasteiger partial charge on any atom is 0.282 e. The van der Waals surface area contributed by atoms with Gasteiger partial charge in [0.15, 0.2) is 0 Å². The molecule has 0 unspecified atom stereocenters. The molecule has 2 aliphatic heterocycles. The first-order valence-corrected chi connectivity index (χ1v) is 8.32. The van der Waals surface area contributed by atoms with E-state index in [9.17, 15) is 14.0 Å². The molecule has 0 aromatic heterocycles. The smallest absolute Gasteiger partial charge is 0.282 e. The van der Waals surface area contributed by atoms with E-state index in [0.29, 0.717) is 19.6 Å². The van der Waals surface area contributed by atoms with Crippen molar-refractivity contribution in [1.29, 1.82) is 0 Å². The lowest BCUT2D eigenvalue weighted by molar-refractivity contribution is -0.131. The van der Waals surface area contributed by atoms with Gasteiger partial charge in [-0.2, -0.15) is 0 Å². The number of benzene rings is 1. The van der Waals surface area contributed by atoms with Crippen molar-refractivity contribution >= 4 is 28.6 Å². The first-order chi connectivity index (χ1) is 10.6. The number of anilines is 1. The third kappa shape index (κ3) is 3.35. The van der Waals surface area contributed by atoms with Gasteiger partial charge < -0.3 is 14.7 Å². The topological polar surface area (TPSA) is 43.9 Å². The third-order valence-electron chi connectivity index (χ3n) is 4.00. The standard InChI is InChI=1S/C15H18FN3O2S/c16-12-1-3-13(4-2-12)17-5-7-18(8-6-17)14(20)11-19-9-10-22-15(19)21/h1-4H,5-11H2. The van der Waals surface area contributed by atoms with Gasteiger partial charge in [0.1, 0.15) is 12.4 Å². The fraction of sp³-hybridized carbons (Fsp3) is 0.467. The molecule has 2 amide bonds. The van der Waals surface area contributed by atoms with Crippen LogP contribution in [-0.2, 0) is 4.79 Å². The number of hydrogen-bond donors (Lipinski definition) is 0. The van der Waals surface area contributed by atoms with E-state index in [1.54, 1.807) is 21.9 Å². The highest BCUT2D eigenvalue weighted by Crippen LogP contribution is 2.19. The molecule has 0 saturated carbocycles. The molecule has 0 atom stereocenters. The first-order valence-electron chi connectivity index (χ1n) is 7.33. The second-order valence-electron chi connectivity index (χ2n) is 5.38. The highest BCUT2D eigenvalue weighted by atomic mass is 32.2. The van der Waals surface area contributed by atoms with Crippen molar-refractivity contribution in [1.82, 2.24) is 9.80 Å². The lowest BCUT2D eigenvalue weighted by atomic mass is 10.2. The number of nitrogens with zero attached hydrogens (tertiary/aromatic N) is 3. The average Bonchev–Trinajstić information content (AvgIpc) is 2.93. The van der Waals surface area contributed by atoms with Crippen molar-refractivity contribution in [3.8, 4) is 0 Å². The molecule has 7 heteroatoms. The SMILES string of the molecule is O=C(CN1CCSC1=O)N1CCN(c2ccc(F)cc2)CC1.